The summed E-state index contributed by atoms with van der Waals surface area (Å²) in [7, 11) is 0. The van der Waals surface area contributed by atoms with Crippen LogP contribution in [0.15, 0.2) is 61.2 Å². The van der Waals surface area contributed by atoms with E-state index in [4.69, 9.17) is 4.74 Å². The molecule has 0 saturated carbocycles. The van der Waals surface area contributed by atoms with E-state index in [1.165, 1.54) is 31.4 Å². The Morgan fingerprint density at radius 3 is 2.61 bits per heavy atom. The second-order valence-corrected chi connectivity index (χ2v) is 5.33. The molecule has 0 spiro atoms. The van der Waals surface area contributed by atoms with Gasteiger partial charge in [-0.2, -0.15) is 0 Å². The third kappa shape index (κ3) is 6.11. The van der Waals surface area contributed by atoms with Crippen LogP contribution in [0.1, 0.15) is 37.7 Å². The maximum Gasteiger partial charge on any atom is 0.135 e. The van der Waals surface area contributed by atoms with E-state index in [1.54, 1.807) is 12.1 Å². The second-order valence-electron chi connectivity index (χ2n) is 5.33. The molecule has 0 heterocycles. The second kappa shape index (κ2) is 9.62. The predicted molar refractivity (Wildman–Crippen MR) is 94.1 cm³/mol. The minimum Gasteiger partial charge on any atom is -0.457 e. The monoisotopic (exact) mass is 309 g/mol. The molecule has 0 aliphatic rings. The first-order valence-corrected chi connectivity index (χ1v) is 8.01. The van der Waals surface area contributed by atoms with Crippen molar-refractivity contribution in [3.05, 3.63) is 78.6 Å². The Bertz CT molecular complexity index is 629. The number of rotatable bonds is 9. The van der Waals surface area contributed by atoms with Crippen molar-refractivity contribution in [2.24, 2.45) is 0 Å². The van der Waals surface area contributed by atoms with Crippen molar-refractivity contribution in [2.45, 2.75) is 32.1 Å². The van der Waals surface area contributed by atoms with Gasteiger partial charge in [-0.15, -0.1) is 6.58 Å². The van der Waals surface area contributed by atoms with Gasteiger partial charge >= 0.3 is 0 Å². The Hall–Kier alpha value is -2.35. The Morgan fingerprint density at radius 1 is 1.04 bits per heavy atom. The van der Waals surface area contributed by atoms with Gasteiger partial charge in [0.1, 0.15) is 17.3 Å². The lowest BCUT2D eigenvalue weighted by molar-refractivity contribution is 0.479. The normalized spacial score (nSPS) is 10.8. The van der Waals surface area contributed by atoms with Gasteiger partial charge in [0.05, 0.1) is 0 Å². The van der Waals surface area contributed by atoms with Crippen LogP contribution in [0.4, 0.5) is 4.39 Å². The van der Waals surface area contributed by atoms with E-state index in [0.29, 0.717) is 5.75 Å². The van der Waals surface area contributed by atoms with Gasteiger partial charge in [-0.05, 0) is 62.1 Å². The molecule has 0 aliphatic heterocycles. The first-order chi connectivity index (χ1) is 11.3. The highest BCUT2D eigenvalue weighted by Crippen LogP contribution is 2.26. The number of halogens is 1. The van der Waals surface area contributed by atoms with Crippen LogP contribution in [0.3, 0.4) is 0 Å². The average Bonchev–Trinajstić information content (AvgIpc) is 2.57. The smallest absolute Gasteiger partial charge is 0.135 e. The predicted octanol–water partition coefficient (Wildman–Crippen LogP) is 6.57. The highest BCUT2D eigenvalue weighted by atomic mass is 19.1. The molecule has 0 bridgehead atoms. The standard InChI is InChI=1S/C21H22FO/c1-2-3-4-5-6-7-8-11-18-12-9-10-13-21(18)23-20-16-14-19(22)15-17-20/h2,8-11,13-17H,1,3-7H2/b11-8-. The van der Waals surface area contributed by atoms with Crippen LogP contribution >= 0.6 is 0 Å². The van der Waals surface area contributed by atoms with Crippen molar-refractivity contribution in [3.63, 3.8) is 0 Å². The Balaban J connectivity index is 1.92. The molecule has 0 N–H and O–H groups in total. The Morgan fingerprint density at radius 2 is 1.83 bits per heavy atom. The summed E-state index contributed by atoms with van der Waals surface area (Å²) in [6, 6.07) is 14.8. The first-order valence-electron chi connectivity index (χ1n) is 8.01. The summed E-state index contributed by atoms with van der Waals surface area (Å²) >= 11 is 0. The van der Waals surface area contributed by atoms with Crippen molar-refractivity contribution >= 4 is 6.08 Å². The van der Waals surface area contributed by atoms with Gasteiger partial charge in [0.25, 0.3) is 0 Å². The zero-order valence-electron chi connectivity index (χ0n) is 13.3. The first kappa shape index (κ1) is 17.0. The molecule has 0 atom stereocenters. The van der Waals surface area contributed by atoms with Crippen molar-refractivity contribution in [1.29, 1.82) is 0 Å². The molecular weight excluding hydrogens is 287 g/mol. The highest BCUT2D eigenvalue weighted by molar-refractivity contribution is 5.57. The lowest BCUT2D eigenvalue weighted by atomic mass is 10.1. The number of hydrogen-bond acceptors (Lipinski definition) is 1. The van der Waals surface area contributed by atoms with Crippen molar-refractivity contribution < 1.29 is 9.13 Å². The molecule has 0 aliphatic carbocycles. The van der Waals surface area contributed by atoms with Crippen molar-refractivity contribution in [1.82, 2.24) is 0 Å². The number of hydrogen-bond donors (Lipinski definition) is 0. The summed E-state index contributed by atoms with van der Waals surface area (Å²) in [6.45, 7) is 3.73. The molecular formula is C21H22FO. The molecule has 0 saturated heterocycles. The highest BCUT2D eigenvalue weighted by Gasteiger charge is 2.02. The number of ether oxygens (including phenoxy) is 1. The fourth-order valence-electron chi connectivity index (χ4n) is 2.21. The Labute approximate surface area is 138 Å². The van der Waals surface area contributed by atoms with Gasteiger partial charge in [0.15, 0.2) is 0 Å². The van der Waals surface area contributed by atoms with E-state index in [0.717, 1.165) is 24.2 Å². The van der Waals surface area contributed by atoms with E-state index in [2.05, 4.69) is 18.7 Å². The largest absolute Gasteiger partial charge is 0.457 e. The van der Waals surface area contributed by atoms with E-state index in [1.807, 2.05) is 30.4 Å². The van der Waals surface area contributed by atoms with Crippen LogP contribution in [0, 0.1) is 11.9 Å². The van der Waals surface area contributed by atoms with Crippen molar-refractivity contribution in [2.75, 3.05) is 0 Å². The minimum absolute atomic E-state index is 0.270. The lowest BCUT2D eigenvalue weighted by Gasteiger charge is -2.08. The zero-order valence-corrected chi connectivity index (χ0v) is 13.3. The average molecular weight is 309 g/mol. The van der Waals surface area contributed by atoms with Gasteiger partial charge < -0.3 is 4.74 Å². The molecule has 23 heavy (non-hydrogen) atoms. The molecule has 0 unspecified atom stereocenters. The summed E-state index contributed by atoms with van der Waals surface area (Å²) in [4.78, 5) is 0. The van der Waals surface area contributed by atoms with Crippen LogP contribution in [0.5, 0.6) is 11.5 Å². The van der Waals surface area contributed by atoms with Crippen LogP contribution in [0.25, 0.3) is 6.08 Å². The third-order valence-electron chi connectivity index (χ3n) is 3.45. The van der Waals surface area contributed by atoms with E-state index in [9.17, 15) is 4.39 Å². The van der Waals surface area contributed by atoms with Gasteiger partial charge in [-0.3, -0.25) is 0 Å². The SMILES string of the molecule is C=CCCCCC/C=C\c1[c]cccc1Oc1ccc(F)cc1. The molecule has 2 aromatic carbocycles. The summed E-state index contributed by atoms with van der Waals surface area (Å²) < 4.78 is 18.8. The molecule has 1 radical (unpaired) electrons. The van der Waals surface area contributed by atoms with E-state index < -0.39 is 0 Å². The molecule has 2 heteroatoms. The van der Waals surface area contributed by atoms with Crippen LogP contribution in [-0.4, -0.2) is 0 Å². The maximum absolute atomic E-state index is 12.9. The maximum atomic E-state index is 12.9. The fourth-order valence-corrected chi connectivity index (χ4v) is 2.21. The lowest BCUT2D eigenvalue weighted by Crippen LogP contribution is -1.87. The van der Waals surface area contributed by atoms with E-state index in [-0.39, 0.29) is 5.82 Å². The molecule has 1 nitrogen and oxygen atoms in total. The van der Waals surface area contributed by atoms with Crippen LogP contribution in [0.2, 0.25) is 0 Å². The van der Waals surface area contributed by atoms with Gasteiger partial charge in [-0.25, -0.2) is 4.39 Å². The van der Waals surface area contributed by atoms with Crippen molar-refractivity contribution in [3.8, 4) is 11.5 Å². The summed E-state index contributed by atoms with van der Waals surface area (Å²) in [5, 5.41) is 0. The van der Waals surface area contributed by atoms with Gasteiger partial charge in [0.2, 0.25) is 0 Å². The molecule has 2 aromatic rings. The summed E-state index contributed by atoms with van der Waals surface area (Å²) in [6.07, 6.45) is 11.9. The topological polar surface area (TPSA) is 9.23 Å². The minimum atomic E-state index is -0.270. The summed E-state index contributed by atoms with van der Waals surface area (Å²) in [5.41, 5.74) is 0.905. The Kier molecular flexibility index (Phi) is 7.12. The van der Waals surface area contributed by atoms with Crippen LogP contribution in [-0.2, 0) is 0 Å². The van der Waals surface area contributed by atoms with E-state index >= 15 is 0 Å². The van der Waals surface area contributed by atoms with Gasteiger partial charge in [0, 0.05) is 5.56 Å². The molecule has 0 fully saturated rings. The number of benzene rings is 2. The molecule has 119 valence electrons. The molecule has 0 amide bonds. The van der Waals surface area contributed by atoms with Gasteiger partial charge in [-0.1, -0.05) is 36.8 Å². The number of unbranched alkanes of at least 4 members (excludes halogenated alkanes) is 4. The third-order valence-corrected chi connectivity index (χ3v) is 3.45. The fraction of sp³-hybridized carbons (Fsp3) is 0.238. The molecule has 0 aromatic heterocycles. The summed E-state index contributed by atoms with van der Waals surface area (Å²) in [5.74, 6) is 1.07. The molecule has 2 rings (SSSR count). The number of allylic oxidation sites excluding steroid dienone is 2. The van der Waals surface area contributed by atoms with Crippen LogP contribution < -0.4 is 4.74 Å². The zero-order chi connectivity index (χ0) is 16.3. The quantitative estimate of drug-likeness (QED) is 0.376.